The van der Waals surface area contributed by atoms with Gasteiger partial charge in [0.2, 0.25) is 15.9 Å². The van der Waals surface area contributed by atoms with E-state index in [0.717, 1.165) is 35.1 Å². The number of aryl methyl sites for hydroxylation is 2. The van der Waals surface area contributed by atoms with E-state index in [-0.39, 0.29) is 11.9 Å². The SMILES string of the molecule is COc1ccc([C@H](CC(C)C)NC(=O)[C@@H](C)N(c2ccc(C)c(C)c2)S(C)(=O)=O)cc1. The second-order valence-electron chi connectivity index (χ2n) is 8.47. The molecule has 0 aromatic heterocycles. The Morgan fingerprint density at radius 1 is 1.03 bits per heavy atom. The Morgan fingerprint density at radius 2 is 1.65 bits per heavy atom. The summed E-state index contributed by atoms with van der Waals surface area (Å²) in [6.07, 6.45) is 1.86. The second kappa shape index (κ2) is 10.2. The number of amides is 1. The molecule has 170 valence electrons. The fourth-order valence-electron chi connectivity index (χ4n) is 3.55. The molecule has 0 aliphatic heterocycles. The van der Waals surface area contributed by atoms with Crippen LogP contribution in [0.4, 0.5) is 5.69 Å². The zero-order valence-corrected chi connectivity index (χ0v) is 20.3. The lowest BCUT2D eigenvalue weighted by molar-refractivity contribution is -0.122. The van der Waals surface area contributed by atoms with Gasteiger partial charge in [0.25, 0.3) is 0 Å². The summed E-state index contributed by atoms with van der Waals surface area (Å²) in [5.74, 6) is 0.739. The van der Waals surface area contributed by atoms with Gasteiger partial charge in [-0.05, 0) is 74.1 Å². The maximum atomic E-state index is 13.2. The lowest BCUT2D eigenvalue weighted by atomic mass is 9.96. The number of sulfonamides is 1. The molecule has 2 aromatic carbocycles. The first-order valence-electron chi connectivity index (χ1n) is 10.4. The van der Waals surface area contributed by atoms with E-state index in [4.69, 9.17) is 4.74 Å². The summed E-state index contributed by atoms with van der Waals surface area (Å²) in [6, 6.07) is 11.8. The number of hydrogen-bond donors (Lipinski definition) is 1. The molecule has 0 saturated heterocycles. The van der Waals surface area contributed by atoms with Gasteiger partial charge < -0.3 is 10.1 Å². The Labute approximate surface area is 186 Å². The van der Waals surface area contributed by atoms with E-state index < -0.39 is 16.1 Å². The minimum absolute atomic E-state index is 0.234. The van der Waals surface area contributed by atoms with E-state index in [1.165, 1.54) is 4.31 Å². The van der Waals surface area contributed by atoms with Crippen molar-refractivity contribution in [3.63, 3.8) is 0 Å². The van der Waals surface area contributed by atoms with Crippen molar-refractivity contribution in [3.8, 4) is 5.75 Å². The van der Waals surface area contributed by atoms with Crippen LogP contribution >= 0.6 is 0 Å². The molecule has 31 heavy (non-hydrogen) atoms. The zero-order valence-electron chi connectivity index (χ0n) is 19.5. The molecule has 0 heterocycles. The molecule has 0 radical (unpaired) electrons. The summed E-state index contributed by atoms with van der Waals surface area (Å²) in [5.41, 5.74) is 3.46. The summed E-state index contributed by atoms with van der Waals surface area (Å²) in [7, 11) is -2.06. The van der Waals surface area contributed by atoms with Crippen molar-refractivity contribution < 1.29 is 17.9 Å². The van der Waals surface area contributed by atoms with Gasteiger partial charge in [-0.2, -0.15) is 0 Å². The lowest BCUT2D eigenvalue weighted by Crippen LogP contribution is -2.48. The van der Waals surface area contributed by atoms with Crippen LogP contribution in [0.15, 0.2) is 42.5 Å². The highest BCUT2D eigenvalue weighted by atomic mass is 32.2. The molecule has 1 amide bonds. The number of nitrogens with one attached hydrogen (secondary N) is 1. The van der Waals surface area contributed by atoms with Crippen LogP contribution in [0.3, 0.4) is 0 Å². The Morgan fingerprint density at radius 3 is 2.13 bits per heavy atom. The number of ether oxygens (including phenoxy) is 1. The summed E-state index contributed by atoms with van der Waals surface area (Å²) >= 11 is 0. The van der Waals surface area contributed by atoms with E-state index in [1.807, 2.05) is 44.2 Å². The number of hydrogen-bond acceptors (Lipinski definition) is 4. The minimum Gasteiger partial charge on any atom is -0.497 e. The summed E-state index contributed by atoms with van der Waals surface area (Å²) in [6.45, 7) is 9.68. The molecule has 0 aliphatic rings. The van der Waals surface area contributed by atoms with Crippen molar-refractivity contribution >= 4 is 21.6 Å². The third kappa shape index (κ3) is 6.47. The molecule has 2 aromatic rings. The highest BCUT2D eigenvalue weighted by Gasteiger charge is 2.31. The highest BCUT2D eigenvalue weighted by molar-refractivity contribution is 7.92. The number of carbonyl (C=O) groups excluding carboxylic acids is 1. The molecule has 6 nitrogen and oxygen atoms in total. The van der Waals surface area contributed by atoms with Crippen LogP contribution in [0.25, 0.3) is 0 Å². The first-order valence-corrected chi connectivity index (χ1v) is 12.3. The smallest absolute Gasteiger partial charge is 0.244 e. The highest BCUT2D eigenvalue weighted by Crippen LogP contribution is 2.26. The number of carbonyl (C=O) groups is 1. The maximum absolute atomic E-state index is 13.2. The number of benzene rings is 2. The van der Waals surface area contributed by atoms with Crippen molar-refractivity contribution in [2.24, 2.45) is 5.92 Å². The van der Waals surface area contributed by atoms with Crippen molar-refractivity contribution in [3.05, 3.63) is 59.2 Å². The molecule has 2 atom stereocenters. The minimum atomic E-state index is -3.67. The number of rotatable bonds is 9. The third-order valence-corrected chi connectivity index (χ3v) is 6.62. The van der Waals surface area contributed by atoms with Gasteiger partial charge in [0.05, 0.1) is 25.1 Å². The molecule has 0 bridgehead atoms. The normalized spacial score (nSPS) is 13.5. The van der Waals surface area contributed by atoms with Gasteiger partial charge in [-0.25, -0.2) is 8.42 Å². The van der Waals surface area contributed by atoms with E-state index in [9.17, 15) is 13.2 Å². The van der Waals surface area contributed by atoms with Gasteiger partial charge in [-0.1, -0.05) is 32.0 Å². The van der Waals surface area contributed by atoms with Crippen LogP contribution in [-0.2, 0) is 14.8 Å². The molecule has 1 N–H and O–H groups in total. The summed E-state index contributed by atoms with van der Waals surface area (Å²) in [5, 5.41) is 3.06. The Kier molecular flexibility index (Phi) is 8.12. The predicted octanol–water partition coefficient (Wildman–Crippen LogP) is 4.37. The average molecular weight is 447 g/mol. The van der Waals surface area contributed by atoms with Gasteiger partial charge in [0, 0.05) is 0 Å². The average Bonchev–Trinajstić information content (AvgIpc) is 2.69. The van der Waals surface area contributed by atoms with Crippen molar-refractivity contribution in [2.45, 2.75) is 53.1 Å². The van der Waals surface area contributed by atoms with Crippen LogP contribution in [0, 0.1) is 19.8 Å². The van der Waals surface area contributed by atoms with Gasteiger partial charge in [-0.15, -0.1) is 0 Å². The van der Waals surface area contributed by atoms with Crippen LogP contribution in [0.2, 0.25) is 0 Å². The molecule has 0 aliphatic carbocycles. The zero-order chi connectivity index (χ0) is 23.3. The van der Waals surface area contributed by atoms with Crippen LogP contribution in [-0.4, -0.2) is 33.7 Å². The van der Waals surface area contributed by atoms with Gasteiger partial charge in [-0.3, -0.25) is 9.10 Å². The van der Waals surface area contributed by atoms with Crippen LogP contribution in [0.1, 0.15) is 49.9 Å². The molecule has 7 heteroatoms. The van der Waals surface area contributed by atoms with Crippen molar-refractivity contribution in [2.75, 3.05) is 17.7 Å². The standard InChI is InChI=1S/C24H34N2O4S/c1-16(2)14-23(20-9-12-22(30-6)13-10-20)25-24(27)19(5)26(31(7,28)29)21-11-8-17(3)18(4)15-21/h8-13,15-16,19,23H,14H2,1-7H3,(H,25,27)/t19-,23+/m1/s1. The van der Waals surface area contributed by atoms with Crippen LogP contribution in [0.5, 0.6) is 5.75 Å². The number of methoxy groups -OCH3 is 1. The molecule has 2 rings (SSSR count). The molecule has 0 spiro atoms. The summed E-state index contributed by atoms with van der Waals surface area (Å²) < 4.78 is 31.6. The fraction of sp³-hybridized carbons (Fsp3) is 0.458. The van der Waals surface area contributed by atoms with E-state index in [0.29, 0.717) is 11.6 Å². The Balaban J connectivity index is 2.33. The molecular weight excluding hydrogens is 412 g/mol. The quantitative estimate of drug-likeness (QED) is 0.621. The topological polar surface area (TPSA) is 75.7 Å². The molecular formula is C24H34N2O4S. The van der Waals surface area contributed by atoms with E-state index >= 15 is 0 Å². The van der Waals surface area contributed by atoms with E-state index in [1.54, 1.807) is 26.2 Å². The first kappa shape index (κ1) is 24.7. The first-order chi connectivity index (χ1) is 14.4. The Bertz CT molecular complexity index is 1000. The largest absolute Gasteiger partial charge is 0.497 e. The van der Waals surface area contributed by atoms with Crippen molar-refractivity contribution in [1.29, 1.82) is 0 Å². The summed E-state index contributed by atoms with van der Waals surface area (Å²) in [4.78, 5) is 13.2. The monoisotopic (exact) mass is 446 g/mol. The van der Waals surface area contributed by atoms with Crippen LogP contribution < -0.4 is 14.4 Å². The second-order valence-corrected chi connectivity index (χ2v) is 10.3. The van der Waals surface area contributed by atoms with Crippen molar-refractivity contribution in [1.82, 2.24) is 5.32 Å². The lowest BCUT2D eigenvalue weighted by Gasteiger charge is -2.30. The van der Waals surface area contributed by atoms with E-state index in [2.05, 4.69) is 19.2 Å². The van der Waals surface area contributed by atoms with Gasteiger partial charge in [0.1, 0.15) is 11.8 Å². The maximum Gasteiger partial charge on any atom is 0.244 e. The van der Waals surface area contributed by atoms with Gasteiger partial charge in [0.15, 0.2) is 0 Å². The Hall–Kier alpha value is -2.54. The molecule has 0 unspecified atom stereocenters. The third-order valence-electron chi connectivity index (χ3n) is 5.38. The molecule has 0 saturated carbocycles. The fourth-order valence-corrected chi connectivity index (χ4v) is 4.72. The number of nitrogens with zero attached hydrogens (tertiary/aromatic N) is 1. The number of anilines is 1. The predicted molar refractivity (Wildman–Crippen MR) is 126 cm³/mol. The molecule has 0 fully saturated rings. The van der Waals surface area contributed by atoms with Gasteiger partial charge >= 0.3 is 0 Å².